The first-order valence-corrected chi connectivity index (χ1v) is 6.44. The second-order valence-corrected chi connectivity index (χ2v) is 4.84. The van der Waals surface area contributed by atoms with Gasteiger partial charge < -0.3 is 15.0 Å². The third kappa shape index (κ3) is 3.44. The maximum Gasteiger partial charge on any atom is 0.0620 e. The Hall–Kier alpha value is -0.120. The molecule has 2 aliphatic rings. The molecule has 1 N–H and O–H groups in total. The van der Waals surface area contributed by atoms with Gasteiger partial charge in [0.05, 0.1) is 6.61 Å². The zero-order chi connectivity index (χ0) is 10.5. The number of nitrogens with one attached hydrogen (secondary N) is 1. The fraction of sp³-hybridized carbons (Fsp3) is 1.00. The van der Waals surface area contributed by atoms with E-state index in [1.54, 1.807) is 0 Å². The van der Waals surface area contributed by atoms with Gasteiger partial charge >= 0.3 is 0 Å². The van der Waals surface area contributed by atoms with Crippen molar-refractivity contribution in [1.82, 2.24) is 10.2 Å². The fourth-order valence-corrected chi connectivity index (χ4v) is 2.64. The van der Waals surface area contributed by atoms with E-state index >= 15 is 0 Å². The van der Waals surface area contributed by atoms with Crippen molar-refractivity contribution in [3.8, 4) is 0 Å². The lowest BCUT2D eigenvalue weighted by atomic mass is 10.0. The molecule has 2 aliphatic heterocycles. The minimum atomic E-state index is 0.632. The third-order valence-corrected chi connectivity index (χ3v) is 3.53. The van der Waals surface area contributed by atoms with E-state index in [-0.39, 0.29) is 0 Å². The van der Waals surface area contributed by atoms with Gasteiger partial charge in [-0.25, -0.2) is 0 Å². The number of nitrogens with zero attached hydrogens (tertiary/aromatic N) is 1. The van der Waals surface area contributed by atoms with Crippen LogP contribution < -0.4 is 5.32 Å². The summed E-state index contributed by atoms with van der Waals surface area (Å²) < 4.78 is 5.39. The van der Waals surface area contributed by atoms with E-state index in [0.717, 1.165) is 19.3 Å². The summed E-state index contributed by atoms with van der Waals surface area (Å²) in [6.45, 7) is 7.97. The van der Waals surface area contributed by atoms with Crippen LogP contribution in [0.25, 0.3) is 0 Å². The summed E-state index contributed by atoms with van der Waals surface area (Å²) in [6, 6.07) is 1.37. The summed E-state index contributed by atoms with van der Waals surface area (Å²) in [5, 5.41) is 3.73. The second kappa shape index (κ2) is 5.83. The van der Waals surface area contributed by atoms with E-state index in [1.165, 1.54) is 45.3 Å². The fourth-order valence-electron chi connectivity index (χ4n) is 2.64. The average molecular weight is 212 g/mol. The van der Waals surface area contributed by atoms with Crippen LogP contribution in [-0.2, 0) is 4.74 Å². The van der Waals surface area contributed by atoms with Crippen LogP contribution in [0, 0.1) is 0 Å². The Morgan fingerprint density at radius 2 is 2.00 bits per heavy atom. The van der Waals surface area contributed by atoms with Crippen molar-refractivity contribution in [2.75, 3.05) is 32.8 Å². The number of likely N-dealkylation sites (tertiary alicyclic amines) is 1. The molecule has 1 atom stereocenters. The predicted octanol–water partition coefficient (Wildman–Crippen LogP) is 1.24. The quantitative estimate of drug-likeness (QED) is 0.759. The molecule has 3 heteroatoms. The Balaban J connectivity index is 1.64. The summed E-state index contributed by atoms with van der Waals surface area (Å²) in [5.74, 6) is 0. The van der Waals surface area contributed by atoms with Crippen LogP contribution in [0.5, 0.6) is 0 Å². The Morgan fingerprint density at radius 1 is 1.20 bits per heavy atom. The number of ether oxygens (including phenoxy) is 1. The van der Waals surface area contributed by atoms with Crippen molar-refractivity contribution < 1.29 is 4.74 Å². The van der Waals surface area contributed by atoms with Gasteiger partial charge in [-0.15, -0.1) is 0 Å². The highest BCUT2D eigenvalue weighted by molar-refractivity contribution is 4.82. The molecule has 0 aromatic rings. The lowest BCUT2D eigenvalue weighted by molar-refractivity contribution is 0.171. The van der Waals surface area contributed by atoms with E-state index < -0.39 is 0 Å². The molecule has 0 spiro atoms. The van der Waals surface area contributed by atoms with Gasteiger partial charge in [0.1, 0.15) is 0 Å². The number of rotatable bonds is 4. The summed E-state index contributed by atoms with van der Waals surface area (Å²) in [5.41, 5.74) is 0. The van der Waals surface area contributed by atoms with Crippen LogP contribution >= 0.6 is 0 Å². The second-order valence-electron chi connectivity index (χ2n) is 4.84. The van der Waals surface area contributed by atoms with Gasteiger partial charge in [0.15, 0.2) is 0 Å². The lowest BCUT2D eigenvalue weighted by Gasteiger charge is -2.33. The topological polar surface area (TPSA) is 24.5 Å². The molecule has 15 heavy (non-hydrogen) atoms. The first-order chi connectivity index (χ1) is 7.38. The third-order valence-electron chi connectivity index (χ3n) is 3.53. The largest absolute Gasteiger partial charge is 0.380 e. The standard InChI is InChI=1S/C12H24N2O/c1-2-6-14-7-3-11(4-8-14)13-12-5-9-15-10-12/h11-13H,2-10H2,1H3. The number of piperidine rings is 1. The normalized spacial score (nSPS) is 29.8. The Labute approximate surface area is 93.2 Å². The van der Waals surface area contributed by atoms with Gasteiger partial charge in [-0.2, -0.15) is 0 Å². The molecule has 0 amide bonds. The molecule has 88 valence electrons. The van der Waals surface area contributed by atoms with E-state index in [2.05, 4.69) is 17.1 Å². The maximum absolute atomic E-state index is 5.39. The van der Waals surface area contributed by atoms with Crippen molar-refractivity contribution >= 4 is 0 Å². The van der Waals surface area contributed by atoms with Gasteiger partial charge in [0.25, 0.3) is 0 Å². The van der Waals surface area contributed by atoms with Crippen LogP contribution in [0.3, 0.4) is 0 Å². The Bertz CT molecular complexity index is 172. The maximum atomic E-state index is 5.39. The number of hydrogen-bond donors (Lipinski definition) is 1. The minimum absolute atomic E-state index is 0.632. The Morgan fingerprint density at radius 3 is 2.60 bits per heavy atom. The number of hydrogen-bond acceptors (Lipinski definition) is 3. The average Bonchev–Trinajstić information content (AvgIpc) is 2.74. The highest BCUT2D eigenvalue weighted by Crippen LogP contribution is 2.13. The van der Waals surface area contributed by atoms with Crippen LogP contribution in [0.4, 0.5) is 0 Å². The predicted molar refractivity (Wildman–Crippen MR) is 62.1 cm³/mol. The summed E-state index contributed by atoms with van der Waals surface area (Å²) in [6.07, 6.45) is 5.12. The molecule has 2 fully saturated rings. The van der Waals surface area contributed by atoms with Crippen LogP contribution in [-0.4, -0.2) is 49.8 Å². The van der Waals surface area contributed by atoms with Crippen molar-refractivity contribution in [2.24, 2.45) is 0 Å². The molecule has 0 aromatic carbocycles. The van der Waals surface area contributed by atoms with Crippen LogP contribution in [0.1, 0.15) is 32.6 Å². The van der Waals surface area contributed by atoms with Crippen molar-refractivity contribution in [3.05, 3.63) is 0 Å². The van der Waals surface area contributed by atoms with E-state index in [4.69, 9.17) is 4.74 Å². The molecular formula is C12H24N2O. The first kappa shape index (κ1) is 11.4. The van der Waals surface area contributed by atoms with Crippen molar-refractivity contribution in [2.45, 2.75) is 44.7 Å². The molecule has 0 aliphatic carbocycles. The molecule has 2 heterocycles. The summed E-state index contributed by atoms with van der Waals surface area (Å²) in [4.78, 5) is 2.59. The monoisotopic (exact) mass is 212 g/mol. The molecule has 1 unspecified atom stereocenters. The van der Waals surface area contributed by atoms with E-state index in [1.807, 2.05) is 0 Å². The Kier molecular flexibility index (Phi) is 4.42. The molecule has 2 rings (SSSR count). The van der Waals surface area contributed by atoms with Crippen LogP contribution in [0.2, 0.25) is 0 Å². The molecule has 0 radical (unpaired) electrons. The van der Waals surface area contributed by atoms with Crippen LogP contribution in [0.15, 0.2) is 0 Å². The minimum Gasteiger partial charge on any atom is -0.380 e. The zero-order valence-electron chi connectivity index (χ0n) is 9.87. The highest BCUT2D eigenvalue weighted by Gasteiger charge is 2.23. The smallest absolute Gasteiger partial charge is 0.0620 e. The summed E-state index contributed by atoms with van der Waals surface area (Å²) >= 11 is 0. The zero-order valence-corrected chi connectivity index (χ0v) is 9.87. The lowest BCUT2D eigenvalue weighted by Crippen LogP contribution is -2.46. The molecule has 3 nitrogen and oxygen atoms in total. The van der Waals surface area contributed by atoms with Gasteiger partial charge in [-0.3, -0.25) is 0 Å². The van der Waals surface area contributed by atoms with Gasteiger partial charge in [0.2, 0.25) is 0 Å². The highest BCUT2D eigenvalue weighted by atomic mass is 16.5. The molecule has 0 saturated carbocycles. The van der Waals surface area contributed by atoms with E-state index in [0.29, 0.717) is 6.04 Å². The summed E-state index contributed by atoms with van der Waals surface area (Å²) in [7, 11) is 0. The van der Waals surface area contributed by atoms with Crippen molar-refractivity contribution in [3.63, 3.8) is 0 Å². The molecule has 0 aromatic heterocycles. The van der Waals surface area contributed by atoms with E-state index in [9.17, 15) is 0 Å². The van der Waals surface area contributed by atoms with Gasteiger partial charge in [-0.1, -0.05) is 6.92 Å². The molecular weight excluding hydrogens is 188 g/mol. The van der Waals surface area contributed by atoms with Gasteiger partial charge in [-0.05, 0) is 45.3 Å². The SMILES string of the molecule is CCCN1CCC(NC2CCOC2)CC1. The van der Waals surface area contributed by atoms with Crippen molar-refractivity contribution in [1.29, 1.82) is 0 Å². The first-order valence-electron chi connectivity index (χ1n) is 6.44. The molecule has 0 bridgehead atoms. The molecule has 2 saturated heterocycles. The van der Waals surface area contributed by atoms with Gasteiger partial charge in [0, 0.05) is 18.7 Å².